The van der Waals surface area contributed by atoms with Crippen LogP contribution in [0.5, 0.6) is 0 Å². The number of anilines is 2. The molecule has 1 saturated heterocycles. The van der Waals surface area contributed by atoms with E-state index in [0.29, 0.717) is 13.1 Å². The molecule has 2 N–H and O–H groups in total. The molecule has 0 aliphatic carbocycles. The molecule has 0 radical (unpaired) electrons. The van der Waals surface area contributed by atoms with Crippen LogP contribution >= 0.6 is 23.2 Å². The molecule has 1 aromatic rings. The number of benzene rings is 1. The van der Waals surface area contributed by atoms with E-state index in [0.717, 1.165) is 24.5 Å². The topological polar surface area (TPSA) is 83.1 Å². The summed E-state index contributed by atoms with van der Waals surface area (Å²) in [5.41, 5.74) is 4.60. The van der Waals surface area contributed by atoms with Crippen molar-refractivity contribution < 1.29 is 19.2 Å². The molecule has 1 heterocycles. The summed E-state index contributed by atoms with van der Waals surface area (Å²) in [5, 5.41) is 2.54. The maximum atomic E-state index is 12.1. The summed E-state index contributed by atoms with van der Waals surface area (Å²) < 4.78 is 5.28. The standard InChI is InChI=1S/C17H24Cl2N4O4/c1-3-22(9-8-21-26-2)12-4-6-13(7-5-12)23-11-14(27-17(23)25)10-20-16(24)15(18)19/h4-7,14-15,21H,3,8-11H2,1-2H3,(H,20,24)/t14-/m0/s1. The van der Waals surface area contributed by atoms with Gasteiger partial charge in [0.05, 0.1) is 20.2 Å². The summed E-state index contributed by atoms with van der Waals surface area (Å²) in [6.45, 7) is 4.90. The summed E-state index contributed by atoms with van der Waals surface area (Å²) in [4.78, 5) is 31.0. The average Bonchev–Trinajstić information content (AvgIpc) is 3.04. The average molecular weight is 419 g/mol. The highest BCUT2D eigenvalue weighted by molar-refractivity contribution is 6.53. The summed E-state index contributed by atoms with van der Waals surface area (Å²) in [5.74, 6) is -0.514. The van der Waals surface area contributed by atoms with Crippen molar-refractivity contribution in [3.05, 3.63) is 24.3 Å². The van der Waals surface area contributed by atoms with Gasteiger partial charge in [-0.15, -0.1) is 0 Å². The van der Waals surface area contributed by atoms with Gasteiger partial charge in [0.1, 0.15) is 6.10 Å². The number of amides is 2. The number of hydroxylamine groups is 1. The number of carbonyl (C=O) groups is 2. The van der Waals surface area contributed by atoms with E-state index in [2.05, 4.69) is 22.6 Å². The molecule has 0 unspecified atom stereocenters. The lowest BCUT2D eigenvalue weighted by atomic mass is 10.2. The molecule has 0 saturated carbocycles. The lowest BCUT2D eigenvalue weighted by Gasteiger charge is -2.24. The molecule has 1 atom stereocenters. The van der Waals surface area contributed by atoms with Gasteiger partial charge >= 0.3 is 6.09 Å². The van der Waals surface area contributed by atoms with Crippen molar-refractivity contribution in [1.82, 2.24) is 10.8 Å². The van der Waals surface area contributed by atoms with Crippen LogP contribution in [0.1, 0.15) is 6.92 Å². The number of halogens is 2. The second kappa shape index (κ2) is 10.6. The van der Waals surface area contributed by atoms with E-state index in [1.165, 1.54) is 4.90 Å². The number of cyclic esters (lactones) is 1. The molecule has 10 heteroatoms. The van der Waals surface area contributed by atoms with Gasteiger partial charge in [0.2, 0.25) is 0 Å². The lowest BCUT2D eigenvalue weighted by molar-refractivity contribution is -0.119. The van der Waals surface area contributed by atoms with Gasteiger partial charge in [-0.2, -0.15) is 0 Å². The molecule has 0 bridgehead atoms. The number of ether oxygens (including phenoxy) is 1. The maximum Gasteiger partial charge on any atom is 0.414 e. The summed E-state index contributed by atoms with van der Waals surface area (Å²) in [6, 6.07) is 7.66. The molecule has 1 aromatic carbocycles. The van der Waals surface area contributed by atoms with E-state index >= 15 is 0 Å². The van der Waals surface area contributed by atoms with Crippen molar-refractivity contribution in [3.63, 3.8) is 0 Å². The molecule has 150 valence electrons. The zero-order chi connectivity index (χ0) is 19.8. The van der Waals surface area contributed by atoms with Gasteiger partial charge in [-0.05, 0) is 31.2 Å². The Balaban J connectivity index is 1.94. The van der Waals surface area contributed by atoms with E-state index in [4.69, 9.17) is 32.8 Å². The van der Waals surface area contributed by atoms with Gasteiger partial charge in [0.15, 0.2) is 4.84 Å². The lowest BCUT2D eigenvalue weighted by Crippen LogP contribution is -2.37. The minimum absolute atomic E-state index is 0.158. The smallest absolute Gasteiger partial charge is 0.414 e. The van der Waals surface area contributed by atoms with Gasteiger partial charge in [0, 0.05) is 31.0 Å². The van der Waals surface area contributed by atoms with E-state index in [1.54, 1.807) is 7.11 Å². The van der Waals surface area contributed by atoms with Gasteiger partial charge in [-0.25, -0.2) is 10.3 Å². The maximum absolute atomic E-state index is 12.1. The number of hydrogen-bond acceptors (Lipinski definition) is 6. The molecule has 1 fully saturated rings. The number of likely N-dealkylation sites (N-methyl/N-ethyl adjacent to an activating group) is 1. The van der Waals surface area contributed by atoms with Crippen LogP contribution < -0.4 is 20.6 Å². The Hall–Kier alpha value is -1.74. The molecule has 2 amide bonds. The van der Waals surface area contributed by atoms with Gasteiger partial charge in [-0.3, -0.25) is 9.69 Å². The molecule has 2 rings (SSSR count). The van der Waals surface area contributed by atoms with Crippen molar-refractivity contribution in [3.8, 4) is 0 Å². The van der Waals surface area contributed by atoms with E-state index in [-0.39, 0.29) is 6.54 Å². The normalized spacial score (nSPS) is 16.6. The van der Waals surface area contributed by atoms with Gasteiger partial charge in [-0.1, -0.05) is 23.2 Å². The number of nitrogens with one attached hydrogen (secondary N) is 2. The van der Waals surface area contributed by atoms with Crippen molar-refractivity contribution in [2.75, 3.05) is 49.6 Å². The molecular formula is C17H24Cl2N4O4. The number of hydrogen-bond donors (Lipinski definition) is 2. The molecule has 8 nitrogen and oxygen atoms in total. The number of alkyl halides is 2. The Morgan fingerprint density at radius 3 is 2.70 bits per heavy atom. The molecular weight excluding hydrogens is 395 g/mol. The van der Waals surface area contributed by atoms with Crippen LogP contribution in [0.2, 0.25) is 0 Å². The van der Waals surface area contributed by atoms with Crippen LogP contribution in [0.25, 0.3) is 0 Å². The van der Waals surface area contributed by atoms with Crippen LogP contribution in [0.3, 0.4) is 0 Å². The van der Waals surface area contributed by atoms with E-state index in [1.807, 2.05) is 24.3 Å². The molecule has 0 aromatic heterocycles. The fraction of sp³-hybridized carbons (Fsp3) is 0.529. The zero-order valence-corrected chi connectivity index (χ0v) is 16.8. The molecule has 0 spiro atoms. The Morgan fingerprint density at radius 2 is 2.11 bits per heavy atom. The monoisotopic (exact) mass is 418 g/mol. The Labute approximate surface area is 168 Å². The molecule has 1 aliphatic rings. The predicted molar refractivity (Wildman–Crippen MR) is 105 cm³/mol. The van der Waals surface area contributed by atoms with E-state index < -0.39 is 22.9 Å². The van der Waals surface area contributed by atoms with Gasteiger partial charge < -0.3 is 19.8 Å². The number of rotatable bonds is 10. The van der Waals surface area contributed by atoms with Gasteiger partial charge in [0.25, 0.3) is 5.91 Å². The Morgan fingerprint density at radius 1 is 1.41 bits per heavy atom. The van der Waals surface area contributed by atoms with Crippen molar-refractivity contribution >= 4 is 46.6 Å². The zero-order valence-electron chi connectivity index (χ0n) is 15.3. The van der Waals surface area contributed by atoms with E-state index in [9.17, 15) is 9.59 Å². The minimum Gasteiger partial charge on any atom is -0.442 e. The van der Waals surface area contributed by atoms with Crippen LogP contribution in [0, 0.1) is 0 Å². The van der Waals surface area contributed by atoms with Crippen LogP contribution in [0.15, 0.2) is 24.3 Å². The first-order chi connectivity index (χ1) is 13.0. The quantitative estimate of drug-likeness (QED) is 0.343. The van der Waals surface area contributed by atoms with Crippen LogP contribution in [-0.2, 0) is 14.4 Å². The van der Waals surface area contributed by atoms with Crippen LogP contribution in [-0.4, -0.2) is 62.8 Å². The first kappa shape index (κ1) is 21.6. The first-order valence-corrected chi connectivity index (χ1v) is 9.48. The fourth-order valence-electron chi connectivity index (χ4n) is 2.73. The van der Waals surface area contributed by atoms with Crippen molar-refractivity contribution in [2.24, 2.45) is 0 Å². The Kier molecular flexibility index (Phi) is 8.43. The third kappa shape index (κ3) is 6.14. The third-order valence-corrected chi connectivity index (χ3v) is 4.51. The predicted octanol–water partition coefficient (Wildman–Crippen LogP) is 1.91. The first-order valence-electron chi connectivity index (χ1n) is 8.61. The van der Waals surface area contributed by atoms with Crippen molar-refractivity contribution in [2.45, 2.75) is 17.9 Å². The number of carbonyl (C=O) groups excluding carboxylic acids is 2. The second-order valence-corrected chi connectivity index (χ2v) is 6.95. The highest BCUT2D eigenvalue weighted by atomic mass is 35.5. The largest absolute Gasteiger partial charge is 0.442 e. The summed E-state index contributed by atoms with van der Waals surface area (Å²) in [7, 11) is 1.59. The van der Waals surface area contributed by atoms with Crippen LogP contribution in [0.4, 0.5) is 16.2 Å². The Bertz CT molecular complexity index is 630. The van der Waals surface area contributed by atoms with Crippen molar-refractivity contribution in [1.29, 1.82) is 0 Å². The summed E-state index contributed by atoms with van der Waals surface area (Å²) >= 11 is 11.0. The fourth-order valence-corrected chi connectivity index (χ4v) is 2.88. The third-order valence-electron chi connectivity index (χ3n) is 4.11. The highest BCUT2D eigenvalue weighted by Gasteiger charge is 2.32. The minimum atomic E-state index is -1.15. The number of nitrogens with zero attached hydrogens (tertiary/aromatic N) is 2. The SMILES string of the molecule is CCN(CCNOC)c1ccc(N2C[C@H](CNC(=O)C(Cl)Cl)OC2=O)cc1. The summed E-state index contributed by atoms with van der Waals surface area (Å²) in [6.07, 6.45) is -0.910. The second-order valence-electron chi connectivity index (χ2n) is 5.86. The molecule has 27 heavy (non-hydrogen) atoms. The highest BCUT2D eigenvalue weighted by Crippen LogP contribution is 2.24. The molecule has 1 aliphatic heterocycles.